The fourth-order valence-corrected chi connectivity index (χ4v) is 4.72. The van der Waals surface area contributed by atoms with E-state index >= 15 is 0 Å². The van der Waals surface area contributed by atoms with E-state index < -0.39 is 0 Å². The Labute approximate surface area is 225 Å². The van der Waals surface area contributed by atoms with Gasteiger partial charge in [-0.05, 0) is 50.2 Å². The van der Waals surface area contributed by atoms with Crippen molar-refractivity contribution in [2.75, 3.05) is 26.7 Å². The number of carbonyl (C=O) groups excluding carboxylic acids is 1. The van der Waals surface area contributed by atoms with Crippen molar-refractivity contribution < 1.29 is 19.4 Å². The van der Waals surface area contributed by atoms with Crippen molar-refractivity contribution in [1.29, 1.82) is 0 Å². The molecule has 3 atom stereocenters. The minimum Gasteiger partial charge on any atom is -0.457 e. The van der Waals surface area contributed by atoms with Crippen molar-refractivity contribution >= 4 is 5.91 Å². The Bertz CT molecular complexity index is 1140. The predicted molar refractivity (Wildman–Crippen MR) is 145 cm³/mol. The van der Waals surface area contributed by atoms with Crippen LogP contribution in [0.25, 0.3) is 0 Å². The summed E-state index contributed by atoms with van der Waals surface area (Å²) in [5.74, 6) is 1.71. The zero-order chi connectivity index (χ0) is 26.9. The average molecular weight is 522 g/mol. The molecule has 0 bridgehead atoms. The molecule has 38 heavy (non-hydrogen) atoms. The summed E-state index contributed by atoms with van der Waals surface area (Å²) in [6.07, 6.45) is 2.67. The highest BCUT2D eigenvalue weighted by molar-refractivity contribution is 5.76. The second-order valence-corrected chi connectivity index (χ2v) is 10.2. The van der Waals surface area contributed by atoms with Crippen LogP contribution in [0, 0.1) is 5.92 Å². The average Bonchev–Trinajstić information content (AvgIpc) is 3.37. The summed E-state index contributed by atoms with van der Waals surface area (Å²) < 4.78 is 14.2. The lowest BCUT2D eigenvalue weighted by atomic mass is 10.0. The molecule has 1 aromatic heterocycles. The molecule has 204 valence electrons. The summed E-state index contributed by atoms with van der Waals surface area (Å²) in [5, 5.41) is 18.0. The van der Waals surface area contributed by atoms with Crippen molar-refractivity contribution in [1.82, 2.24) is 24.8 Å². The standard InChI is InChI=1S/C29H39N5O4/c1-22-17-33(23(2)20-35)29(36)10-7-15-34-25(16-30-31-34)21-37-28(22)19-32(3)18-24-11-13-27(14-12-24)38-26-8-5-4-6-9-26/h4-6,8-9,11-14,16,22-23,28,35H,7,10,15,17-21H2,1-3H3/t22-,23-,28+/m1/s1. The van der Waals surface area contributed by atoms with E-state index in [0.717, 1.165) is 23.7 Å². The number of amides is 1. The third-order valence-electron chi connectivity index (χ3n) is 6.99. The highest BCUT2D eigenvalue weighted by atomic mass is 16.5. The first-order valence-corrected chi connectivity index (χ1v) is 13.3. The Morgan fingerprint density at radius 1 is 1.16 bits per heavy atom. The van der Waals surface area contributed by atoms with Gasteiger partial charge in [-0.1, -0.05) is 42.5 Å². The number of hydrogen-bond donors (Lipinski definition) is 1. The molecule has 0 saturated carbocycles. The molecule has 2 aromatic carbocycles. The van der Waals surface area contributed by atoms with E-state index in [1.807, 2.05) is 54.1 Å². The van der Waals surface area contributed by atoms with Crippen LogP contribution in [-0.4, -0.2) is 74.7 Å². The van der Waals surface area contributed by atoms with E-state index in [-0.39, 0.29) is 30.6 Å². The van der Waals surface area contributed by atoms with Crippen molar-refractivity contribution in [2.45, 2.75) is 58.5 Å². The summed E-state index contributed by atoms with van der Waals surface area (Å²) in [7, 11) is 2.08. The first kappa shape index (κ1) is 27.8. The minimum absolute atomic E-state index is 0.0468. The number of para-hydroxylation sites is 1. The van der Waals surface area contributed by atoms with Crippen LogP contribution >= 0.6 is 0 Å². The molecule has 9 nitrogen and oxygen atoms in total. The van der Waals surface area contributed by atoms with Gasteiger partial charge in [-0.25, -0.2) is 4.68 Å². The van der Waals surface area contributed by atoms with Crippen LogP contribution in [0.15, 0.2) is 60.8 Å². The maximum Gasteiger partial charge on any atom is 0.222 e. The molecule has 3 aromatic rings. The SMILES string of the molecule is C[C@@H]1CN([C@H](C)CO)C(=O)CCCn2nncc2CO[C@H]1CN(C)Cc1ccc(Oc2ccccc2)cc1. The number of ether oxygens (including phenoxy) is 2. The maximum atomic E-state index is 13.0. The molecule has 0 fully saturated rings. The van der Waals surface area contributed by atoms with Gasteiger partial charge < -0.3 is 19.5 Å². The normalized spacial score (nSPS) is 19.9. The highest BCUT2D eigenvalue weighted by Gasteiger charge is 2.28. The van der Waals surface area contributed by atoms with Crippen LogP contribution in [0.2, 0.25) is 0 Å². The molecule has 0 saturated heterocycles. The largest absolute Gasteiger partial charge is 0.457 e. The lowest BCUT2D eigenvalue weighted by Crippen LogP contribution is -2.47. The van der Waals surface area contributed by atoms with E-state index in [2.05, 4.69) is 41.3 Å². The number of aliphatic hydroxyl groups excluding tert-OH is 1. The number of aliphatic hydroxyl groups is 1. The van der Waals surface area contributed by atoms with Crippen LogP contribution in [0.4, 0.5) is 0 Å². The molecule has 0 unspecified atom stereocenters. The zero-order valence-corrected chi connectivity index (χ0v) is 22.6. The summed E-state index contributed by atoms with van der Waals surface area (Å²) in [6.45, 7) is 6.90. The van der Waals surface area contributed by atoms with Gasteiger partial charge in [-0.2, -0.15) is 0 Å². The molecule has 2 heterocycles. The minimum atomic E-state index is -0.246. The summed E-state index contributed by atoms with van der Waals surface area (Å²) in [6, 6.07) is 17.6. The number of hydrogen-bond acceptors (Lipinski definition) is 7. The Morgan fingerprint density at radius 2 is 1.89 bits per heavy atom. The first-order valence-electron chi connectivity index (χ1n) is 13.3. The number of benzene rings is 2. The van der Waals surface area contributed by atoms with Crippen molar-refractivity contribution in [3.05, 3.63) is 72.1 Å². The maximum absolute atomic E-state index is 13.0. The number of carbonyl (C=O) groups is 1. The zero-order valence-electron chi connectivity index (χ0n) is 22.6. The van der Waals surface area contributed by atoms with E-state index in [9.17, 15) is 9.90 Å². The van der Waals surface area contributed by atoms with Gasteiger partial charge in [0.1, 0.15) is 11.5 Å². The molecule has 9 heteroatoms. The van der Waals surface area contributed by atoms with Crippen molar-refractivity contribution in [3.63, 3.8) is 0 Å². The molecular weight excluding hydrogens is 482 g/mol. The van der Waals surface area contributed by atoms with Gasteiger partial charge in [0.25, 0.3) is 0 Å². The van der Waals surface area contributed by atoms with Gasteiger partial charge in [0.05, 0.1) is 37.3 Å². The third kappa shape index (κ3) is 7.63. The van der Waals surface area contributed by atoms with E-state index in [1.54, 1.807) is 11.1 Å². The van der Waals surface area contributed by atoms with Gasteiger partial charge in [-0.3, -0.25) is 9.69 Å². The van der Waals surface area contributed by atoms with Crippen LogP contribution in [0.3, 0.4) is 0 Å². The van der Waals surface area contributed by atoms with E-state index in [1.165, 1.54) is 5.56 Å². The Hall–Kier alpha value is -3.27. The van der Waals surface area contributed by atoms with E-state index in [4.69, 9.17) is 9.47 Å². The number of aromatic nitrogens is 3. The van der Waals surface area contributed by atoms with Gasteiger partial charge in [-0.15, -0.1) is 5.10 Å². The lowest BCUT2D eigenvalue weighted by molar-refractivity contribution is -0.136. The fourth-order valence-electron chi connectivity index (χ4n) is 4.72. The van der Waals surface area contributed by atoms with Gasteiger partial charge in [0.15, 0.2) is 0 Å². The number of nitrogens with zero attached hydrogens (tertiary/aromatic N) is 5. The van der Waals surface area contributed by atoms with Gasteiger partial charge in [0.2, 0.25) is 5.91 Å². The second kappa shape index (κ2) is 13.5. The molecule has 1 aliphatic rings. The predicted octanol–water partition coefficient (Wildman–Crippen LogP) is 3.73. The third-order valence-corrected chi connectivity index (χ3v) is 6.99. The monoisotopic (exact) mass is 521 g/mol. The first-order chi connectivity index (χ1) is 18.4. The number of likely N-dealkylation sites (N-methyl/N-ethyl adjacent to an activating group) is 1. The Morgan fingerprint density at radius 3 is 2.63 bits per heavy atom. The number of fused-ring (bicyclic) bond motifs is 1. The number of aryl methyl sites for hydroxylation is 1. The molecule has 0 radical (unpaired) electrons. The second-order valence-electron chi connectivity index (χ2n) is 10.2. The topological polar surface area (TPSA) is 93.0 Å². The summed E-state index contributed by atoms with van der Waals surface area (Å²) >= 11 is 0. The molecular formula is C29H39N5O4. The fraction of sp³-hybridized carbons (Fsp3) is 0.483. The van der Waals surface area contributed by atoms with Crippen LogP contribution < -0.4 is 4.74 Å². The summed E-state index contributed by atoms with van der Waals surface area (Å²) in [4.78, 5) is 17.1. The van der Waals surface area contributed by atoms with Crippen LogP contribution in [0.5, 0.6) is 11.5 Å². The lowest BCUT2D eigenvalue weighted by Gasteiger charge is -2.35. The smallest absolute Gasteiger partial charge is 0.222 e. The van der Waals surface area contributed by atoms with Gasteiger partial charge >= 0.3 is 0 Å². The molecule has 1 amide bonds. The molecule has 4 rings (SSSR count). The molecule has 1 N–H and O–H groups in total. The number of rotatable bonds is 8. The van der Waals surface area contributed by atoms with Crippen LogP contribution in [0.1, 0.15) is 37.9 Å². The Kier molecular flexibility index (Phi) is 9.86. The molecule has 1 aliphatic heterocycles. The Balaban J connectivity index is 1.43. The van der Waals surface area contributed by atoms with Gasteiger partial charge in [0, 0.05) is 38.5 Å². The van der Waals surface area contributed by atoms with Crippen molar-refractivity contribution in [3.8, 4) is 11.5 Å². The highest BCUT2D eigenvalue weighted by Crippen LogP contribution is 2.22. The quantitative estimate of drug-likeness (QED) is 0.483. The van der Waals surface area contributed by atoms with Crippen LogP contribution in [-0.2, 0) is 29.2 Å². The molecule has 0 aliphatic carbocycles. The van der Waals surface area contributed by atoms with E-state index in [0.29, 0.717) is 39.1 Å². The molecule has 0 spiro atoms. The van der Waals surface area contributed by atoms with Crippen molar-refractivity contribution in [2.24, 2.45) is 5.92 Å². The summed E-state index contributed by atoms with van der Waals surface area (Å²) in [5.41, 5.74) is 2.08.